The van der Waals surface area contributed by atoms with Crippen LogP contribution in [0.1, 0.15) is 25.8 Å². The quantitative estimate of drug-likeness (QED) is 0.904. The van der Waals surface area contributed by atoms with Gasteiger partial charge in [0.1, 0.15) is 5.82 Å². The number of hydrogen-bond acceptors (Lipinski definition) is 2. The van der Waals surface area contributed by atoms with Crippen LogP contribution in [-0.4, -0.2) is 23.9 Å². The zero-order valence-corrected chi connectivity index (χ0v) is 11.9. The van der Waals surface area contributed by atoms with Gasteiger partial charge in [-0.2, -0.15) is 0 Å². The Morgan fingerprint density at radius 1 is 1.53 bits per heavy atom. The highest BCUT2D eigenvalue weighted by molar-refractivity contribution is 9.10. The molecule has 2 nitrogen and oxygen atoms in total. The minimum atomic E-state index is -0.729. The van der Waals surface area contributed by atoms with Gasteiger partial charge in [-0.3, -0.25) is 0 Å². The third-order valence-corrected chi connectivity index (χ3v) is 3.79. The number of halogens is 2. The van der Waals surface area contributed by atoms with Gasteiger partial charge in [-0.05, 0) is 31.0 Å². The number of rotatable bonds is 5. The van der Waals surface area contributed by atoms with Gasteiger partial charge < -0.3 is 9.84 Å². The van der Waals surface area contributed by atoms with E-state index >= 15 is 0 Å². The summed E-state index contributed by atoms with van der Waals surface area (Å²) >= 11 is 3.20. The summed E-state index contributed by atoms with van der Waals surface area (Å²) < 4.78 is 19.6. The summed E-state index contributed by atoms with van der Waals surface area (Å²) in [5.41, 5.74) is -0.142. The largest absolute Gasteiger partial charge is 0.390 e. The summed E-state index contributed by atoms with van der Waals surface area (Å²) in [5, 5.41) is 10.1. The average Bonchev–Trinajstić information content (AvgIpc) is 2.31. The molecular weight excluding hydrogens is 287 g/mol. The van der Waals surface area contributed by atoms with Crippen molar-refractivity contribution >= 4 is 15.9 Å². The first kappa shape index (κ1) is 14.6. The zero-order valence-electron chi connectivity index (χ0n) is 10.3. The van der Waals surface area contributed by atoms with Crippen LogP contribution < -0.4 is 0 Å². The molecule has 17 heavy (non-hydrogen) atoms. The minimum absolute atomic E-state index is 0.247. The Bertz CT molecular complexity index is 378. The lowest BCUT2D eigenvalue weighted by atomic mass is 9.90. The molecule has 2 atom stereocenters. The van der Waals surface area contributed by atoms with Gasteiger partial charge in [-0.1, -0.05) is 28.9 Å². The molecule has 0 saturated carbocycles. The summed E-state index contributed by atoms with van der Waals surface area (Å²) in [7, 11) is 1.56. The molecule has 1 rings (SSSR count). The predicted molar refractivity (Wildman–Crippen MR) is 69.5 cm³/mol. The monoisotopic (exact) mass is 304 g/mol. The van der Waals surface area contributed by atoms with E-state index < -0.39 is 11.7 Å². The zero-order chi connectivity index (χ0) is 13.1. The van der Waals surface area contributed by atoms with E-state index in [2.05, 4.69) is 15.9 Å². The SMILES string of the molecule is CCC(C)(OC)C(O)Cc1ccc(Br)cc1F. The summed E-state index contributed by atoms with van der Waals surface area (Å²) in [4.78, 5) is 0. The first-order chi connectivity index (χ1) is 7.92. The lowest BCUT2D eigenvalue weighted by Crippen LogP contribution is -2.42. The number of benzene rings is 1. The Morgan fingerprint density at radius 2 is 2.18 bits per heavy atom. The highest BCUT2D eigenvalue weighted by Crippen LogP contribution is 2.24. The van der Waals surface area contributed by atoms with Gasteiger partial charge in [0.25, 0.3) is 0 Å². The third kappa shape index (κ3) is 3.50. The van der Waals surface area contributed by atoms with E-state index in [9.17, 15) is 9.50 Å². The van der Waals surface area contributed by atoms with E-state index in [-0.39, 0.29) is 12.2 Å². The topological polar surface area (TPSA) is 29.5 Å². The normalized spacial score (nSPS) is 16.6. The van der Waals surface area contributed by atoms with Gasteiger partial charge >= 0.3 is 0 Å². The van der Waals surface area contributed by atoms with Crippen LogP contribution >= 0.6 is 15.9 Å². The molecule has 0 amide bonds. The van der Waals surface area contributed by atoms with Crippen molar-refractivity contribution in [3.63, 3.8) is 0 Å². The van der Waals surface area contributed by atoms with Crippen molar-refractivity contribution in [3.8, 4) is 0 Å². The van der Waals surface area contributed by atoms with Crippen LogP contribution in [0, 0.1) is 5.82 Å². The molecule has 1 aromatic carbocycles. The van der Waals surface area contributed by atoms with Gasteiger partial charge in [-0.15, -0.1) is 0 Å². The van der Waals surface area contributed by atoms with Gasteiger partial charge in [0.05, 0.1) is 11.7 Å². The van der Waals surface area contributed by atoms with E-state index in [1.54, 1.807) is 19.2 Å². The fourth-order valence-electron chi connectivity index (χ4n) is 1.63. The summed E-state index contributed by atoms with van der Waals surface area (Å²) in [6, 6.07) is 4.84. The predicted octanol–water partition coefficient (Wildman–Crippen LogP) is 3.31. The fourth-order valence-corrected chi connectivity index (χ4v) is 1.96. The smallest absolute Gasteiger partial charge is 0.127 e. The molecular formula is C13H18BrFO2. The van der Waals surface area contributed by atoms with E-state index in [0.717, 1.165) is 0 Å². The van der Waals surface area contributed by atoms with E-state index in [1.807, 2.05) is 13.8 Å². The molecule has 0 spiro atoms. The van der Waals surface area contributed by atoms with Crippen molar-refractivity contribution < 1.29 is 14.2 Å². The molecule has 0 saturated heterocycles. The average molecular weight is 305 g/mol. The molecule has 0 aliphatic heterocycles. The minimum Gasteiger partial charge on any atom is -0.390 e. The third-order valence-electron chi connectivity index (χ3n) is 3.30. The summed E-state index contributed by atoms with van der Waals surface area (Å²) in [6.45, 7) is 3.76. The second-order valence-electron chi connectivity index (χ2n) is 4.33. The van der Waals surface area contributed by atoms with Crippen molar-refractivity contribution in [2.75, 3.05) is 7.11 Å². The summed E-state index contributed by atoms with van der Waals surface area (Å²) in [6.07, 6.45) is 0.188. The number of ether oxygens (including phenoxy) is 1. The maximum absolute atomic E-state index is 13.6. The van der Waals surface area contributed by atoms with Crippen LogP contribution in [-0.2, 0) is 11.2 Å². The first-order valence-corrected chi connectivity index (χ1v) is 6.39. The van der Waals surface area contributed by atoms with Crippen LogP contribution in [0.4, 0.5) is 4.39 Å². The highest BCUT2D eigenvalue weighted by Gasteiger charge is 2.31. The molecule has 2 unspecified atom stereocenters. The Labute approximate surface area is 110 Å². The first-order valence-electron chi connectivity index (χ1n) is 5.60. The Hall–Kier alpha value is -0.450. The van der Waals surface area contributed by atoms with Crippen molar-refractivity contribution in [2.45, 2.75) is 38.4 Å². The molecule has 0 heterocycles. The van der Waals surface area contributed by atoms with Crippen molar-refractivity contribution in [1.82, 2.24) is 0 Å². The van der Waals surface area contributed by atoms with Crippen LogP contribution in [0.3, 0.4) is 0 Å². The molecule has 0 aliphatic rings. The number of hydrogen-bond donors (Lipinski definition) is 1. The second kappa shape index (κ2) is 5.94. The van der Waals surface area contributed by atoms with Gasteiger partial charge in [0.2, 0.25) is 0 Å². The molecule has 96 valence electrons. The second-order valence-corrected chi connectivity index (χ2v) is 5.24. The maximum atomic E-state index is 13.6. The van der Waals surface area contributed by atoms with Crippen molar-refractivity contribution in [1.29, 1.82) is 0 Å². The molecule has 0 fully saturated rings. The maximum Gasteiger partial charge on any atom is 0.127 e. The van der Waals surface area contributed by atoms with Gasteiger partial charge in [0, 0.05) is 18.0 Å². The molecule has 1 N–H and O–H groups in total. The number of methoxy groups -OCH3 is 1. The molecule has 0 bridgehead atoms. The lowest BCUT2D eigenvalue weighted by molar-refractivity contribution is -0.0916. The standard InChI is InChI=1S/C13H18BrFO2/c1-4-13(2,17-3)12(16)7-9-5-6-10(14)8-11(9)15/h5-6,8,12,16H,4,7H2,1-3H3. The van der Waals surface area contributed by atoms with Crippen LogP contribution in [0.25, 0.3) is 0 Å². The van der Waals surface area contributed by atoms with Crippen LogP contribution in [0.5, 0.6) is 0 Å². The summed E-state index contributed by atoms with van der Waals surface area (Å²) in [5.74, 6) is -0.312. The molecule has 0 radical (unpaired) electrons. The number of aliphatic hydroxyl groups excluding tert-OH is 1. The Kier molecular flexibility index (Phi) is 5.10. The van der Waals surface area contributed by atoms with Crippen LogP contribution in [0.15, 0.2) is 22.7 Å². The molecule has 1 aromatic rings. The van der Waals surface area contributed by atoms with E-state index in [4.69, 9.17) is 4.74 Å². The van der Waals surface area contributed by atoms with Crippen LogP contribution in [0.2, 0.25) is 0 Å². The number of aliphatic hydroxyl groups is 1. The van der Waals surface area contributed by atoms with Crippen molar-refractivity contribution in [2.24, 2.45) is 0 Å². The van der Waals surface area contributed by atoms with E-state index in [0.29, 0.717) is 16.5 Å². The molecule has 0 aliphatic carbocycles. The highest BCUT2D eigenvalue weighted by atomic mass is 79.9. The molecule has 4 heteroatoms. The van der Waals surface area contributed by atoms with Gasteiger partial charge in [0.15, 0.2) is 0 Å². The van der Waals surface area contributed by atoms with Crippen molar-refractivity contribution in [3.05, 3.63) is 34.1 Å². The fraction of sp³-hybridized carbons (Fsp3) is 0.538. The Morgan fingerprint density at radius 3 is 2.65 bits per heavy atom. The van der Waals surface area contributed by atoms with E-state index in [1.165, 1.54) is 6.07 Å². The van der Waals surface area contributed by atoms with Gasteiger partial charge in [-0.25, -0.2) is 4.39 Å². The lowest BCUT2D eigenvalue weighted by Gasteiger charge is -2.32. The Balaban J connectivity index is 2.84. The molecule has 0 aromatic heterocycles.